The van der Waals surface area contributed by atoms with Crippen LogP contribution in [0.25, 0.3) is 0 Å². The van der Waals surface area contributed by atoms with Crippen LogP contribution in [0.5, 0.6) is 11.5 Å². The van der Waals surface area contributed by atoms with Crippen molar-refractivity contribution < 1.29 is 9.57 Å². The summed E-state index contributed by atoms with van der Waals surface area (Å²) in [5.41, 5.74) is 5.60. The highest BCUT2D eigenvalue weighted by Gasteiger charge is 2.32. The molecule has 3 aromatic carbocycles. The highest BCUT2D eigenvalue weighted by molar-refractivity contribution is 5.48. The Balaban J connectivity index is 1.47. The average molecular weight is 428 g/mol. The van der Waals surface area contributed by atoms with E-state index in [4.69, 9.17) is 9.57 Å². The molecule has 0 saturated carbocycles. The number of nitrogens with zero attached hydrogens (tertiary/aromatic N) is 1. The number of methoxy groups -OCH3 is 1. The molecule has 3 atom stereocenters. The summed E-state index contributed by atoms with van der Waals surface area (Å²) in [5.74, 6) is 2.68. The molecule has 0 amide bonds. The molecule has 3 unspecified atom stereocenters. The van der Waals surface area contributed by atoms with Crippen molar-refractivity contribution in [3.8, 4) is 11.5 Å². The number of hydrogen-bond acceptors (Lipinski definition) is 3. The summed E-state index contributed by atoms with van der Waals surface area (Å²) in [7, 11) is 1.75. The van der Waals surface area contributed by atoms with E-state index in [0.717, 1.165) is 37.3 Å². The van der Waals surface area contributed by atoms with Crippen molar-refractivity contribution in [3.63, 3.8) is 0 Å². The van der Waals surface area contributed by atoms with Gasteiger partial charge in [0.25, 0.3) is 0 Å². The van der Waals surface area contributed by atoms with Gasteiger partial charge in [-0.15, -0.1) is 5.06 Å². The Morgan fingerprint density at radius 2 is 1.66 bits per heavy atom. The van der Waals surface area contributed by atoms with Crippen molar-refractivity contribution in [2.24, 2.45) is 0 Å². The summed E-state index contributed by atoms with van der Waals surface area (Å²) in [5, 5.41) is 2.17. The number of benzene rings is 3. The van der Waals surface area contributed by atoms with Gasteiger partial charge in [0, 0.05) is 18.5 Å². The summed E-state index contributed by atoms with van der Waals surface area (Å²) < 4.78 is 5.51. The van der Waals surface area contributed by atoms with Crippen LogP contribution in [0.1, 0.15) is 66.7 Å². The van der Waals surface area contributed by atoms with E-state index in [-0.39, 0.29) is 0 Å². The first-order valence-electron chi connectivity index (χ1n) is 12.0. The zero-order chi connectivity index (χ0) is 21.9. The molecule has 3 aromatic rings. The van der Waals surface area contributed by atoms with E-state index in [2.05, 4.69) is 84.8 Å². The third kappa shape index (κ3) is 4.14. The maximum atomic E-state index is 6.25. The molecule has 3 nitrogen and oxygen atoms in total. The van der Waals surface area contributed by atoms with Crippen LogP contribution < -0.4 is 9.57 Å². The van der Waals surface area contributed by atoms with E-state index in [9.17, 15) is 0 Å². The highest BCUT2D eigenvalue weighted by atomic mass is 16.7. The topological polar surface area (TPSA) is 21.7 Å². The summed E-state index contributed by atoms with van der Waals surface area (Å²) in [6.07, 6.45) is 5.81. The molecule has 1 aliphatic carbocycles. The summed E-state index contributed by atoms with van der Waals surface area (Å²) in [4.78, 5) is 6.25. The third-order valence-corrected chi connectivity index (χ3v) is 7.30. The van der Waals surface area contributed by atoms with Gasteiger partial charge in [0.1, 0.15) is 11.5 Å². The van der Waals surface area contributed by atoms with Crippen LogP contribution >= 0.6 is 0 Å². The molecule has 1 saturated heterocycles. The molecular weight excluding hydrogens is 394 g/mol. The maximum absolute atomic E-state index is 6.25. The molecule has 1 aliphatic heterocycles. The van der Waals surface area contributed by atoms with Crippen LogP contribution in [0.4, 0.5) is 0 Å². The smallest absolute Gasteiger partial charge is 0.147 e. The van der Waals surface area contributed by atoms with Gasteiger partial charge in [0.2, 0.25) is 0 Å². The van der Waals surface area contributed by atoms with Crippen LogP contribution in [0.15, 0.2) is 72.8 Å². The summed E-state index contributed by atoms with van der Waals surface area (Å²) >= 11 is 0. The fourth-order valence-corrected chi connectivity index (χ4v) is 5.60. The normalized spacial score (nSPS) is 23.0. The first-order chi connectivity index (χ1) is 15.8. The van der Waals surface area contributed by atoms with Crippen molar-refractivity contribution in [1.29, 1.82) is 0 Å². The standard InChI is InChI=1S/C29H33NO2/c1-3-24-10-7-19-30(24)32-25-14-11-22(12-15-25)29-27(21-8-5-4-6-9-21)17-13-23-20-26(31-2)16-18-28(23)29/h4-6,8-9,11-12,14-16,18,20,24,27,29H,3,7,10,13,17,19H2,1-2H3. The average Bonchev–Trinajstić information content (AvgIpc) is 3.31. The molecule has 2 aliphatic rings. The van der Waals surface area contributed by atoms with Gasteiger partial charge < -0.3 is 9.57 Å². The van der Waals surface area contributed by atoms with E-state index in [1.54, 1.807) is 7.11 Å². The number of fused-ring (bicyclic) bond motifs is 1. The monoisotopic (exact) mass is 427 g/mol. The molecule has 0 aromatic heterocycles. The Morgan fingerprint density at radius 1 is 0.875 bits per heavy atom. The lowest BCUT2D eigenvalue weighted by Crippen LogP contribution is -2.32. The Bertz CT molecular complexity index is 1030. The second-order valence-electron chi connectivity index (χ2n) is 9.10. The molecule has 32 heavy (non-hydrogen) atoms. The van der Waals surface area contributed by atoms with Gasteiger partial charge in [-0.25, -0.2) is 0 Å². The van der Waals surface area contributed by atoms with E-state index < -0.39 is 0 Å². The maximum Gasteiger partial charge on any atom is 0.147 e. The van der Waals surface area contributed by atoms with Crippen LogP contribution in [-0.4, -0.2) is 24.8 Å². The molecule has 0 radical (unpaired) electrons. The Hall–Kier alpha value is -2.78. The number of hydrogen-bond donors (Lipinski definition) is 0. The molecule has 3 heteroatoms. The number of aryl methyl sites for hydroxylation is 1. The highest BCUT2D eigenvalue weighted by Crippen LogP contribution is 2.47. The van der Waals surface area contributed by atoms with E-state index >= 15 is 0 Å². The van der Waals surface area contributed by atoms with Crippen molar-refractivity contribution in [3.05, 3.63) is 95.1 Å². The predicted octanol–water partition coefficient (Wildman–Crippen LogP) is 6.73. The van der Waals surface area contributed by atoms with Gasteiger partial charge >= 0.3 is 0 Å². The van der Waals surface area contributed by atoms with Crippen molar-refractivity contribution in [2.75, 3.05) is 13.7 Å². The second kappa shape index (κ2) is 9.38. The lowest BCUT2D eigenvalue weighted by Gasteiger charge is -2.35. The van der Waals surface area contributed by atoms with Crippen molar-refractivity contribution in [1.82, 2.24) is 5.06 Å². The Labute approximate surface area is 191 Å². The molecule has 0 N–H and O–H groups in total. The van der Waals surface area contributed by atoms with E-state index in [1.807, 2.05) is 0 Å². The van der Waals surface area contributed by atoms with Crippen molar-refractivity contribution >= 4 is 0 Å². The molecule has 166 valence electrons. The lowest BCUT2D eigenvalue weighted by molar-refractivity contribution is -0.0710. The SMILES string of the molecule is CCC1CCCN1Oc1ccc(C2c3ccc(OC)cc3CCC2c2ccccc2)cc1. The lowest BCUT2D eigenvalue weighted by atomic mass is 9.69. The minimum Gasteiger partial charge on any atom is -0.497 e. The predicted molar refractivity (Wildman–Crippen MR) is 129 cm³/mol. The summed E-state index contributed by atoms with van der Waals surface area (Å²) in [6.45, 7) is 3.27. The minimum absolute atomic E-state index is 0.330. The largest absolute Gasteiger partial charge is 0.497 e. The van der Waals surface area contributed by atoms with Gasteiger partial charge in [-0.2, -0.15) is 0 Å². The van der Waals surface area contributed by atoms with Gasteiger partial charge in [-0.3, -0.25) is 0 Å². The second-order valence-corrected chi connectivity index (χ2v) is 9.10. The molecular formula is C29H33NO2. The molecule has 1 fully saturated rings. The first-order valence-corrected chi connectivity index (χ1v) is 12.0. The first kappa shape index (κ1) is 21.1. The van der Waals surface area contributed by atoms with Crippen LogP contribution in [0.2, 0.25) is 0 Å². The third-order valence-electron chi connectivity index (χ3n) is 7.30. The van der Waals surface area contributed by atoms with E-state index in [0.29, 0.717) is 17.9 Å². The Kier molecular flexibility index (Phi) is 6.18. The van der Waals surface area contributed by atoms with Gasteiger partial charge in [0.15, 0.2) is 0 Å². The minimum atomic E-state index is 0.330. The van der Waals surface area contributed by atoms with E-state index in [1.165, 1.54) is 35.1 Å². The number of ether oxygens (including phenoxy) is 1. The molecule has 1 heterocycles. The zero-order valence-corrected chi connectivity index (χ0v) is 19.2. The number of rotatable bonds is 6. The fraction of sp³-hybridized carbons (Fsp3) is 0.379. The number of hydroxylamine groups is 2. The Morgan fingerprint density at radius 3 is 2.41 bits per heavy atom. The fourth-order valence-electron chi connectivity index (χ4n) is 5.60. The quantitative estimate of drug-likeness (QED) is 0.435. The molecule has 5 rings (SSSR count). The van der Waals surface area contributed by atoms with Gasteiger partial charge in [-0.05, 0) is 84.5 Å². The van der Waals surface area contributed by atoms with Crippen LogP contribution in [0.3, 0.4) is 0 Å². The van der Waals surface area contributed by atoms with Crippen LogP contribution in [-0.2, 0) is 6.42 Å². The van der Waals surface area contributed by atoms with Gasteiger partial charge in [-0.1, -0.05) is 55.5 Å². The molecule has 0 spiro atoms. The molecule has 0 bridgehead atoms. The zero-order valence-electron chi connectivity index (χ0n) is 19.2. The van der Waals surface area contributed by atoms with Crippen LogP contribution in [0, 0.1) is 0 Å². The van der Waals surface area contributed by atoms with Gasteiger partial charge in [0.05, 0.1) is 7.11 Å². The van der Waals surface area contributed by atoms with Crippen molar-refractivity contribution in [2.45, 2.75) is 56.9 Å². The summed E-state index contributed by atoms with van der Waals surface area (Å²) in [6, 6.07) is 27.0.